The van der Waals surface area contributed by atoms with Crippen LogP contribution in [0.25, 0.3) is 16.9 Å². The molecule has 0 aliphatic heterocycles. The second-order valence-electron chi connectivity index (χ2n) is 14.1. The molecule has 23 heteroatoms. The molecule has 0 unspecified atom stereocenters. The summed E-state index contributed by atoms with van der Waals surface area (Å²) in [7, 11) is 2.57. The molecule has 3 aromatic carbocycles. The third-order valence-electron chi connectivity index (χ3n) is 9.54. The van der Waals surface area contributed by atoms with Crippen molar-refractivity contribution in [2.75, 3.05) is 24.9 Å². The molecule has 6 heterocycles. The third-order valence-corrected chi connectivity index (χ3v) is 9.81. The molecule has 0 saturated heterocycles. The fourth-order valence-corrected chi connectivity index (χ4v) is 6.45. The summed E-state index contributed by atoms with van der Waals surface area (Å²) in [6, 6.07) is 21.7. The molecule has 0 bridgehead atoms. The molecular formula is C45H34ClF6N11O5. The Morgan fingerprint density at radius 3 is 1.57 bits per heavy atom. The Hall–Kier alpha value is -8.53. The largest absolute Gasteiger partial charge is 0.464 e. The van der Waals surface area contributed by atoms with E-state index in [1.54, 1.807) is 47.1 Å². The summed E-state index contributed by atoms with van der Waals surface area (Å²) in [4.78, 5) is 47.8. The van der Waals surface area contributed by atoms with E-state index in [0.29, 0.717) is 50.4 Å². The van der Waals surface area contributed by atoms with Gasteiger partial charge in [-0.15, -0.1) is 0 Å². The summed E-state index contributed by atoms with van der Waals surface area (Å²) in [5.74, 6) is -6.29. The van der Waals surface area contributed by atoms with Gasteiger partial charge >= 0.3 is 11.9 Å². The highest BCUT2D eigenvalue weighted by Gasteiger charge is 2.16. The van der Waals surface area contributed by atoms with Crippen LogP contribution in [-0.4, -0.2) is 70.6 Å². The van der Waals surface area contributed by atoms with Crippen LogP contribution in [0.4, 0.5) is 38.0 Å². The molecule has 0 saturated carbocycles. The first kappa shape index (κ1) is 47.4. The highest BCUT2D eigenvalue weighted by molar-refractivity contribution is 6.30. The van der Waals surface area contributed by atoms with Crippen LogP contribution in [0.2, 0.25) is 5.15 Å². The predicted octanol–water partition coefficient (Wildman–Crippen LogP) is 8.01. The van der Waals surface area contributed by atoms with E-state index >= 15 is 0 Å². The number of methoxy groups -OCH3 is 2. The number of carbonyl (C=O) groups excluding carboxylic acids is 3. The van der Waals surface area contributed by atoms with Crippen LogP contribution in [0, 0.1) is 34.9 Å². The number of hydrogen-bond donors (Lipinski definition) is 3. The first-order chi connectivity index (χ1) is 32.7. The van der Waals surface area contributed by atoms with Crippen molar-refractivity contribution in [3.05, 3.63) is 189 Å². The maximum atomic E-state index is 13.4. The van der Waals surface area contributed by atoms with Crippen LogP contribution in [0.5, 0.6) is 0 Å². The number of nitrogens with one attached hydrogen (secondary N) is 3. The number of rotatable bonds is 11. The highest BCUT2D eigenvalue weighted by atomic mass is 35.5. The Bertz CT molecular complexity index is 3310. The number of aromatic nitrogens is 8. The average Bonchev–Trinajstić information content (AvgIpc) is 4.14. The fraction of sp³-hybridized carbons (Fsp3) is 0.111. The zero-order chi connectivity index (χ0) is 48.5. The molecule has 9 aromatic rings. The number of hydrogen-bond acceptors (Lipinski definition) is 12. The highest BCUT2D eigenvalue weighted by Crippen LogP contribution is 2.19. The van der Waals surface area contributed by atoms with Crippen LogP contribution in [-0.2, 0) is 29.1 Å². The number of carbonyl (C=O) groups is 3. The number of amides is 1. The summed E-state index contributed by atoms with van der Waals surface area (Å²) in [6.45, 7) is 0.376. The molecule has 0 radical (unpaired) electrons. The maximum Gasteiger partial charge on any atom is 0.356 e. The van der Waals surface area contributed by atoms with Crippen LogP contribution in [0.15, 0.2) is 116 Å². The second-order valence-corrected chi connectivity index (χ2v) is 14.5. The second kappa shape index (κ2) is 21.2. The van der Waals surface area contributed by atoms with E-state index in [9.17, 15) is 40.7 Å². The lowest BCUT2D eigenvalue weighted by molar-refractivity contribution is 0.0585. The number of anilines is 2. The molecule has 68 heavy (non-hydrogen) atoms. The van der Waals surface area contributed by atoms with Gasteiger partial charge in [-0.2, -0.15) is 14.7 Å². The van der Waals surface area contributed by atoms with E-state index in [4.69, 9.17) is 11.6 Å². The zero-order valence-electron chi connectivity index (χ0n) is 35.4. The van der Waals surface area contributed by atoms with Crippen LogP contribution < -0.4 is 16.0 Å². The van der Waals surface area contributed by atoms with Crippen molar-refractivity contribution in [2.24, 2.45) is 0 Å². The molecule has 0 fully saturated rings. The summed E-state index contributed by atoms with van der Waals surface area (Å²) in [6.07, 6.45) is 4.82. The zero-order valence-corrected chi connectivity index (χ0v) is 36.1. The van der Waals surface area contributed by atoms with Crippen molar-refractivity contribution in [1.29, 1.82) is 0 Å². The molecule has 16 nitrogen and oxygen atoms in total. The first-order valence-corrected chi connectivity index (χ1v) is 20.2. The lowest BCUT2D eigenvalue weighted by Crippen LogP contribution is -2.24. The van der Waals surface area contributed by atoms with Crippen molar-refractivity contribution in [3.8, 4) is 0 Å². The molecule has 1 amide bonds. The van der Waals surface area contributed by atoms with Gasteiger partial charge in [0, 0.05) is 56.2 Å². The normalized spacial score (nSPS) is 10.8. The van der Waals surface area contributed by atoms with Gasteiger partial charge in [0.2, 0.25) is 0 Å². The number of fused-ring (bicyclic) bond motifs is 3. The summed E-state index contributed by atoms with van der Waals surface area (Å²) in [5, 5.41) is 17.1. The van der Waals surface area contributed by atoms with Crippen molar-refractivity contribution in [1.82, 2.24) is 43.9 Å². The molecule has 6 aromatic heterocycles. The number of halogens is 7. The average molecular weight is 958 g/mol. The van der Waals surface area contributed by atoms with Gasteiger partial charge in [0.25, 0.3) is 5.91 Å². The number of esters is 2. The van der Waals surface area contributed by atoms with Crippen molar-refractivity contribution in [3.63, 3.8) is 0 Å². The molecule has 348 valence electrons. The Balaban J connectivity index is 0.000000162. The number of ether oxygens (including phenoxy) is 2. The van der Waals surface area contributed by atoms with E-state index in [1.807, 2.05) is 0 Å². The van der Waals surface area contributed by atoms with Crippen LogP contribution in [0.1, 0.15) is 48.2 Å². The molecule has 9 rings (SSSR count). The van der Waals surface area contributed by atoms with Gasteiger partial charge in [-0.25, -0.2) is 55.4 Å². The minimum absolute atomic E-state index is 0.0280. The lowest BCUT2D eigenvalue weighted by atomic mass is 10.2. The molecule has 3 N–H and O–H groups in total. The van der Waals surface area contributed by atoms with Crippen molar-refractivity contribution >= 4 is 58.0 Å². The lowest BCUT2D eigenvalue weighted by Gasteiger charge is -2.11. The van der Waals surface area contributed by atoms with Gasteiger partial charge in [0.1, 0.15) is 28.1 Å². The van der Waals surface area contributed by atoms with Gasteiger partial charge in [0.15, 0.2) is 57.6 Å². The van der Waals surface area contributed by atoms with E-state index < -0.39 is 52.7 Å². The van der Waals surface area contributed by atoms with Gasteiger partial charge in [-0.1, -0.05) is 29.8 Å². The Morgan fingerprint density at radius 2 is 1.01 bits per heavy atom. The Morgan fingerprint density at radius 1 is 0.544 bits per heavy atom. The van der Waals surface area contributed by atoms with Gasteiger partial charge in [-0.3, -0.25) is 9.20 Å². The van der Waals surface area contributed by atoms with Gasteiger partial charge < -0.3 is 25.4 Å². The Labute approximate surface area is 385 Å². The van der Waals surface area contributed by atoms with Crippen LogP contribution in [0.3, 0.4) is 0 Å². The van der Waals surface area contributed by atoms with E-state index in [1.165, 1.54) is 59.8 Å². The molecule has 0 aliphatic rings. The minimum atomic E-state index is -1.01. The van der Waals surface area contributed by atoms with Gasteiger partial charge in [-0.05, 0) is 65.2 Å². The number of nitrogens with zero attached hydrogens (tertiary/aromatic N) is 8. The Kier molecular flexibility index (Phi) is 14.8. The number of benzene rings is 3. The molecule has 0 aliphatic carbocycles. The molecule has 0 atom stereocenters. The monoisotopic (exact) mass is 957 g/mol. The molecule has 0 spiro atoms. The van der Waals surface area contributed by atoms with Gasteiger partial charge in [0.05, 0.1) is 26.6 Å². The SMILES string of the molecule is COC(=O)c1cc(Cl)n2nccc2n1.COC(=O)c1cc(NCc2ccc(F)c(F)c2)n2cccc2n1.O=C(NCc1ccc(F)c(F)c1)c1cc(NCc2ccc(F)c(F)c2)n2nccc2n1. The summed E-state index contributed by atoms with van der Waals surface area (Å²) in [5.41, 5.74) is 3.29. The summed E-state index contributed by atoms with van der Waals surface area (Å²) < 4.78 is 92.9. The minimum Gasteiger partial charge on any atom is -0.464 e. The van der Waals surface area contributed by atoms with E-state index in [0.717, 1.165) is 36.4 Å². The molecular weight excluding hydrogens is 924 g/mol. The van der Waals surface area contributed by atoms with Crippen molar-refractivity contribution in [2.45, 2.75) is 19.6 Å². The quantitative estimate of drug-likeness (QED) is 0.0646. The fourth-order valence-electron chi connectivity index (χ4n) is 6.21. The van der Waals surface area contributed by atoms with Crippen molar-refractivity contribution < 1.29 is 50.2 Å². The first-order valence-electron chi connectivity index (χ1n) is 19.8. The topological polar surface area (TPSA) is 183 Å². The maximum absolute atomic E-state index is 13.4. The van der Waals surface area contributed by atoms with E-state index in [2.05, 4.69) is 50.6 Å². The third kappa shape index (κ3) is 11.3. The standard InChI is InChI=1S/C21H15F4N5O.C16H13F2N3O2.C8H6ClN3O2/c22-14-3-1-12(7-16(14)24)10-26-20-9-18(29-19-5-6-28-30(19)20)21(31)27-11-13-2-4-15(23)17(25)8-13;1-23-16(22)13-8-15(21-6-2-3-14(21)20-13)19-9-10-4-5-11(17)12(18)7-10;1-14-8(13)5-4-6(9)12-7(11-5)2-3-10-12/h1-9,26H,10-11H2,(H,27,31);2-8,19H,9H2,1H3;2-4H,1H3. The smallest absolute Gasteiger partial charge is 0.356 e. The van der Waals surface area contributed by atoms with Crippen LogP contribution >= 0.6 is 11.6 Å². The summed E-state index contributed by atoms with van der Waals surface area (Å²) >= 11 is 5.86. The predicted molar refractivity (Wildman–Crippen MR) is 234 cm³/mol. The van der Waals surface area contributed by atoms with E-state index in [-0.39, 0.29) is 36.7 Å².